The number of nitrogens with zero attached hydrogens (tertiary/aromatic N) is 1. The summed E-state index contributed by atoms with van der Waals surface area (Å²) in [5, 5.41) is 9.19. The normalized spacial score (nSPS) is 20.6. The number of hydrogen-bond donors (Lipinski definition) is 1. The molecule has 1 atom stereocenters. The Labute approximate surface area is 129 Å². The first-order valence-electron chi connectivity index (χ1n) is 6.98. The number of carbonyl (C=O) groups is 2. The maximum absolute atomic E-state index is 12.4. The largest absolute Gasteiger partial charge is 0.480 e. The van der Waals surface area contributed by atoms with E-state index < -0.39 is 27.6 Å². The highest BCUT2D eigenvalue weighted by molar-refractivity contribution is 7.91. The molecule has 0 aromatic heterocycles. The molecule has 22 heavy (non-hydrogen) atoms. The topological polar surface area (TPSA) is 91.8 Å². The Hall–Kier alpha value is -1.89. The van der Waals surface area contributed by atoms with E-state index in [2.05, 4.69) is 0 Å². The molecule has 0 saturated carbocycles. The number of carboxylic acids is 1. The van der Waals surface area contributed by atoms with Gasteiger partial charge in [-0.2, -0.15) is 0 Å². The monoisotopic (exact) mass is 325 g/mol. The van der Waals surface area contributed by atoms with Crippen molar-refractivity contribution in [2.45, 2.75) is 26.3 Å². The third kappa shape index (κ3) is 3.85. The molecule has 1 aliphatic heterocycles. The van der Waals surface area contributed by atoms with Gasteiger partial charge < -0.3 is 10.0 Å². The van der Waals surface area contributed by atoms with Crippen molar-refractivity contribution in [3.8, 4) is 0 Å². The van der Waals surface area contributed by atoms with Gasteiger partial charge in [-0.25, -0.2) is 13.2 Å². The number of rotatable bonds is 3. The van der Waals surface area contributed by atoms with Crippen LogP contribution < -0.4 is 0 Å². The van der Waals surface area contributed by atoms with E-state index >= 15 is 0 Å². The molecule has 1 unspecified atom stereocenters. The van der Waals surface area contributed by atoms with Gasteiger partial charge in [0.05, 0.1) is 17.9 Å². The second kappa shape index (κ2) is 6.08. The third-order valence-corrected chi connectivity index (χ3v) is 5.30. The average Bonchev–Trinajstić information content (AvgIpc) is 2.35. The van der Waals surface area contributed by atoms with Gasteiger partial charge in [-0.3, -0.25) is 4.79 Å². The van der Waals surface area contributed by atoms with Crippen LogP contribution in [0, 0.1) is 13.8 Å². The Morgan fingerprint density at radius 3 is 2.36 bits per heavy atom. The van der Waals surface area contributed by atoms with Gasteiger partial charge in [0, 0.05) is 6.54 Å². The number of carbonyl (C=O) groups excluding carboxylic acids is 1. The standard InChI is InChI=1S/C15H19NO5S/c1-10-5-11(2)7-12(6-10)8-14(17)16-3-4-22(20,21)9-13(16)15(18)19/h5-7,13H,3-4,8-9H2,1-2H3,(H,18,19). The Balaban J connectivity index is 2.18. The Bertz CT molecular complexity index is 690. The maximum Gasteiger partial charge on any atom is 0.327 e. The molecule has 1 aromatic rings. The summed E-state index contributed by atoms with van der Waals surface area (Å²) >= 11 is 0. The van der Waals surface area contributed by atoms with Crippen LogP contribution in [-0.2, 0) is 25.8 Å². The lowest BCUT2D eigenvalue weighted by atomic mass is 10.0. The highest BCUT2D eigenvalue weighted by atomic mass is 32.2. The molecule has 1 aromatic carbocycles. The molecular formula is C15H19NO5S. The zero-order chi connectivity index (χ0) is 16.5. The average molecular weight is 325 g/mol. The predicted octanol–water partition coefficient (Wildman–Crippen LogP) is 0.556. The van der Waals surface area contributed by atoms with Crippen LogP contribution in [-0.4, -0.2) is 54.4 Å². The highest BCUT2D eigenvalue weighted by Crippen LogP contribution is 2.16. The van der Waals surface area contributed by atoms with Crippen LogP contribution in [0.2, 0.25) is 0 Å². The van der Waals surface area contributed by atoms with Gasteiger partial charge in [0.15, 0.2) is 9.84 Å². The van der Waals surface area contributed by atoms with Crippen molar-refractivity contribution in [1.82, 2.24) is 4.90 Å². The molecule has 0 aliphatic carbocycles. The summed E-state index contributed by atoms with van der Waals surface area (Å²) in [6.45, 7) is 3.78. The minimum atomic E-state index is -3.40. The number of carboxylic acid groups (broad SMARTS) is 1. The van der Waals surface area contributed by atoms with E-state index in [1.54, 1.807) is 0 Å². The summed E-state index contributed by atoms with van der Waals surface area (Å²) in [4.78, 5) is 24.8. The molecule has 0 radical (unpaired) electrons. The van der Waals surface area contributed by atoms with Crippen molar-refractivity contribution in [2.24, 2.45) is 0 Å². The van der Waals surface area contributed by atoms with Crippen LogP contribution in [0.4, 0.5) is 0 Å². The fourth-order valence-electron chi connectivity index (χ4n) is 2.76. The van der Waals surface area contributed by atoms with Gasteiger partial charge in [-0.05, 0) is 19.4 Å². The van der Waals surface area contributed by atoms with Gasteiger partial charge in [0.25, 0.3) is 0 Å². The lowest BCUT2D eigenvalue weighted by Crippen LogP contribution is -2.55. The van der Waals surface area contributed by atoms with Gasteiger partial charge in [0.1, 0.15) is 6.04 Å². The van der Waals surface area contributed by atoms with Crippen LogP contribution in [0.15, 0.2) is 18.2 Å². The van der Waals surface area contributed by atoms with E-state index in [4.69, 9.17) is 0 Å². The molecule has 6 nitrogen and oxygen atoms in total. The fraction of sp³-hybridized carbons (Fsp3) is 0.467. The van der Waals surface area contributed by atoms with Crippen LogP contribution >= 0.6 is 0 Å². The van der Waals surface area contributed by atoms with Crippen molar-refractivity contribution in [3.05, 3.63) is 34.9 Å². The molecule has 1 saturated heterocycles. The summed E-state index contributed by atoms with van der Waals surface area (Å²) in [7, 11) is -3.40. The zero-order valence-electron chi connectivity index (χ0n) is 12.6. The lowest BCUT2D eigenvalue weighted by molar-refractivity contribution is -0.149. The molecule has 1 aliphatic rings. The molecule has 0 spiro atoms. The molecule has 1 N–H and O–H groups in total. The number of aryl methyl sites for hydroxylation is 2. The van der Waals surface area contributed by atoms with Crippen LogP contribution in [0.5, 0.6) is 0 Å². The molecule has 1 fully saturated rings. The van der Waals surface area contributed by atoms with Crippen LogP contribution in [0.25, 0.3) is 0 Å². The molecule has 120 valence electrons. The van der Waals surface area contributed by atoms with E-state index in [-0.39, 0.29) is 24.6 Å². The number of sulfone groups is 1. The Kier molecular flexibility index (Phi) is 4.55. The second-order valence-corrected chi connectivity index (χ2v) is 7.96. The number of benzene rings is 1. The lowest BCUT2D eigenvalue weighted by Gasteiger charge is -2.32. The van der Waals surface area contributed by atoms with E-state index in [0.717, 1.165) is 16.7 Å². The van der Waals surface area contributed by atoms with Crippen molar-refractivity contribution >= 4 is 21.7 Å². The second-order valence-electron chi connectivity index (χ2n) is 5.73. The quantitative estimate of drug-likeness (QED) is 0.876. The Morgan fingerprint density at radius 2 is 1.82 bits per heavy atom. The minimum absolute atomic E-state index is 0.0665. The first-order chi connectivity index (χ1) is 10.2. The number of hydrogen-bond acceptors (Lipinski definition) is 4. The maximum atomic E-state index is 12.4. The first-order valence-corrected chi connectivity index (χ1v) is 8.80. The smallest absolute Gasteiger partial charge is 0.327 e. The summed E-state index contributed by atoms with van der Waals surface area (Å²) in [5.41, 5.74) is 2.86. The van der Waals surface area contributed by atoms with Crippen molar-refractivity contribution in [2.75, 3.05) is 18.1 Å². The van der Waals surface area contributed by atoms with Crippen LogP contribution in [0.1, 0.15) is 16.7 Å². The molecular weight excluding hydrogens is 306 g/mol. The van der Waals surface area contributed by atoms with E-state index in [9.17, 15) is 23.1 Å². The fourth-order valence-corrected chi connectivity index (χ4v) is 4.20. The van der Waals surface area contributed by atoms with Gasteiger partial charge in [0.2, 0.25) is 5.91 Å². The van der Waals surface area contributed by atoms with E-state index in [1.807, 2.05) is 32.0 Å². The first kappa shape index (κ1) is 16.5. The highest BCUT2D eigenvalue weighted by Gasteiger charge is 2.38. The molecule has 1 amide bonds. The molecule has 1 heterocycles. The van der Waals surface area contributed by atoms with Gasteiger partial charge in [-0.15, -0.1) is 0 Å². The van der Waals surface area contributed by atoms with Crippen molar-refractivity contribution in [1.29, 1.82) is 0 Å². The van der Waals surface area contributed by atoms with Crippen molar-refractivity contribution in [3.63, 3.8) is 0 Å². The van der Waals surface area contributed by atoms with Crippen molar-refractivity contribution < 1.29 is 23.1 Å². The third-order valence-electron chi connectivity index (χ3n) is 3.67. The predicted molar refractivity (Wildman–Crippen MR) is 81.4 cm³/mol. The van der Waals surface area contributed by atoms with E-state index in [1.165, 1.54) is 4.90 Å². The number of aliphatic carboxylic acids is 1. The summed E-state index contributed by atoms with van der Waals surface area (Å²) in [6, 6.07) is 4.45. The summed E-state index contributed by atoms with van der Waals surface area (Å²) < 4.78 is 23.2. The summed E-state index contributed by atoms with van der Waals surface area (Å²) in [5.74, 6) is -2.33. The SMILES string of the molecule is Cc1cc(C)cc(CC(=O)N2CCS(=O)(=O)CC2C(=O)O)c1. The van der Waals surface area contributed by atoms with Gasteiger partial charge in [-0.1, -0.05) is 29.3 Å². The zero-order valence-corrected chi connectivity index (χ0v) is 13.4. The van der Waals surface area contributed by atoms with Gasteiger partial charge >= 0.3 is 5.97 Å². The summed E-state index contributed by atoms with van der Waals surface area (Å²) in [6.07, 6.45) is 0.0757. The number of amides is 1. The Morgan fingerprint density at radius 1 is 1.23 bits per heavy atom. The molecule has 7 heteroatoms. The molecule has 2 rings (SSSR count). The van der Waals surface area contributed by atoms with Crippen LogP contribution in [0.3, 0.4) is 0 Å². The minimum Gasteiger partial charge on any atom is -0.480 e. The molecule has 0 bridgehead atoms. The van der Waals surface area contributed by atoms with E-state index in [0.29, 0.717) is 0 Å².